The molecule has 1 aromatic heterocycles. The van der Waals surface area contributed by atoms with Gasteiger partial charge in [-0.3, -0.25) is 14.3 Å². The number of H-pyrrole nitrogens is 1. The predicted molar refractivity (Wildman–Crippen MR) is 109 cm³/mol. The molecule has 6 nitrogen and oxygen atoms in total. The highest BCUT2D eigenvalue weighted by Gasteiger charge is 2.16. The molecule has 0 aliphatic carbocycles. The van der Waals surface area contributed by atoms with Gasteiger partial charge in [-0.05, 0) is 24.6 Å². The van der Waals surface area contributed by atoms with Crippen molar-refractivity contribution in [3.05, 3.63) is 104 Å². The highest BCUT2D eigenvalue weighted by atomic mass is 35.5. The largest absolute Gasteiger partial charge is 0.328 e. The summed E-state index contributed by atoms with van der Waals surface area (Å²) in [5.41, 5.74) is 0.291. The lowest BCUT2D eigenvalue weighted by Gasteiger charge is -2.08. The first-order valence-corrected chi connectivity index (χ1v) is 10.3. The van der Waals surface area contributed by atoms with E-state index in [2.05, 4.69) is 4.98 Å². The van der Waals surface area contributed by atoms with Crippen LogP contribution in [0.2, 0.25) is 0 Å². The minimum atomic E-state index is -3.86. The molecule has 8 heteroatoms. The molecule has 0 saturated heterocycles. The lowest BCUT2D eigenvalue weighted by Crippen LogP contribution is -2.31. The van der Waals surface area contributed by atoms with Gasteiger partial charge >= 0.3 is 5.69 Å². The predicted octanol–water partition coefficient (Wildman–Crippen LogP) is 2.90. The van der Waals surface area contributed by atoms with Gasteiger partial charge in [0.1, 0.15) is 0 Å². The lowest BCUT2D eigenvalue weighted by atomic mass is 10.2. The first kappa shape index (κ1) is 19.9. The van der Waals surface area contributed by atoms with Gasteiger partial charge < -0.3 is 0 Å². The van der Waals surface area contributed by atoms with E-state index < -0.39 is 21.1 Å². The summed E-state index contributed by atoms with van der Waals surface area (Å²) in [7, 11) is -3.86. The van der Waals surface area contributed by atoms with Crippen molar-refractivity contribution in [3.63, 3.8) is 0 Å². The van der Waals surface area contributed by atoms with Gasteiger partial charge in [-0.1, -0.05) is 59.6 Å². The van der Waals surface area contributed by atoms with Crippen LogP contribution in [-0.2, 0) is 16.4 Å². The number of hydrogen-bond acceptors (Lipinski definition) is 4. The normalized spacial score (nSPS) is 12.1. The van der Waals surface area contributed by atoms with Crippen molar-refractivity contribution in [2.45, 2.75) is 18.4 Å². The van der Waals surface area contributed by atoms with E-state index >= 15 is 0 Å². The maximum absolute atomic E-state index is 12.5. The van der Waals surface area contributed by atoms with Crippen molar-refractivity contribution < 1.29 is 8.42 Å². The molecule has 3 rings (SSSR count). The average Bonchev–Trinajstić information content (AvgIpc) is 2.64. The van der Waals surface area contributed by atoms with Crippen LogP contribution in [-0.4, -0.2) is 18.0 Å². The second kappa shape index (κ2) is 8.00. The minimum absolute atomic E-state index is 0.0604. The molecule has 0 fully saturated rings. The van der Waals surface area contributed by atoms with E-state index in [0.717, 1.165) is 16.5 Å². The smallest absolute Gasteiger partial charge is 0.296 e. The van der Waals surface area contributed by atoms with Crippen LogP contribution in [0.15, 0.2) is 80.7 Å². The molecule has 144 valence electrons. The lowest BCUT2D eigenvalue weighted by molar-refractivity contribution is 0.605. The molecular weight excluding hydrogens is 400 g/mol. The third kappa shape index (κ3) is 4.49. The van der Waals surface area contributed by atoms with Crippen LogP contribution in [0, 0.1) is 6.92 Å². The van der Waals surface area contributed by atoms with Gasteiger partial charge in [0.05, 0.1) is 27.4 Å². The Morgan fingerprint density at radius 1 is 1.07 bits per heavy atom. The van der Waals surface area contributed by atoms with Gasteiger partial charge in [0.15, 0.2) is 0 Å². The van der Waals surface area contributed by atoms with Gasteiger partial charge in [0, 0.05) is 6.20 Å². The minimum Gasteiger partial charge on any atom is -0.296 e. The van der Waals surface area contributed by atoms with E-state index in [9.17, 15) is 18.0 Å². The number of aryl methyl sites for hydroxylation is 1. The quantitative estimate of drug-likeness (QED) is 0.692. The van der Waals surface area contributed by atoms with Gasteiger partial charge in [0.25, 0.3) is 5.56 Å². The number of hydrogen-bond donors (Lipinski definition) is 1. The summed E-state index contributed by atoms with van der Waals surface area (Å²) in [5, 5.41) is 0.546. The van der Waals surface area contributed by atoms with Crippen molar-refractivity contribution in [1.82, 2.24) is 9.55 Å². The fourth-order valence-corrected chi connectivity index (χ4v) is 4.11. The average molecular weight is 417 g/mol. The maximum atomic E-state index is 12.5. The van der Waals surface area contributed by atoms with E-state index in [1.807, 2.05) is 37.3 Å². The molecule has 0 unspecified atom stereocenters. The number of halogens is 1. The number of rotatable bonds is 5. The third-order valence-corrected chi connectivity index (χ3v) is 5.99. The molecule has 0 saturated carbocycles. The van der Waals surface area contributed by atoms with Crippen molar-refractivity contribution in [1.29, 1.82) is 0 Å². The highest BCUT2D eigenvalue weighted by molar-refractivity contribution is 7.94. The standard InChI is InChI=1S/C20H17ClN2O4S/c1-14-7-9-16(10-8-14)28(26,27)13-18(21)17-12-23(20(25)22-19(17)24)11-15-5-3-2-4-6-15/h2-10,12-13H,11H2,1H3,(H,22,24,25)/b18-13+. The zero-order valence-electron chi connectivity index (χ0n) is 14.9. The molecule has 28 heavy (non-hydrogen) atoms. The van der Waals surface area contributed by atoms with E-state index in [0.29, 0.717) is 0 Å². The first-order chi connectivity index (χ1) is 13.3. The summed E-state index contributed by atoms with van der Waals surface area (Å²) in [6.45, 7) is 2.05. The maximum Gasteiger partial charge on any atom is 0.328 e. The Kier molecular flexibility index (Phi) is 5.67. The Hall–Kier alpha value is -2.90. The zero-order valence-corrected chi connectivity index (χ0v) is 16.5. The summed E-state index contributed by atoms with van der Waals surface area (Å²) in [6.07, 6.45) is 1.26. The van der Waals surface area contributed by atoms with Crippen molar-refractivity contribution >= 4 is 26.5 Å². The van der Waals surface area contributed by atoms with Crippen LogP contribution >= 0.6 is 11.6 Å². The molecule has 3 aromatic rings. The Bertz CT molecular complexity index is 1240. The number of aromatic amines is 1. The second-order valence-electron chi connectivity index (χ2n) is 6.24. The van der Waals surface area contributed by atoms with E-state index in [1.54, 1.807) is 12.1 Å². The van der Waals surface area contributed by atoms with Crippen molar-refractivity contribution in [3.8, 4) is 0 Å². The van der Waals surface area contributed by atoms with E-state index in [1.165, 1.54) is 22.9 Å². The molecule has 0 aliphatic rings. The van der Waals surface area contributed by atoms with Crippen LogP contribution in [0.5, 0.6) is 0 Å². The van der Waals surface area contributed by atoms with Crippen molar-refractivity contribution in [2.24, 2.45) is 0 Å². The van der Waals surface area contributed by atoms with E-state index in [-0.39, 0.29) is 22.0 Å². The fourth-order valence-electron chi connectivity index (χ4n) is 2.57. The summed E-state index contributed by atoms with van der Waals surface area (Å²) >= 11 is 6.15. The van der Waals surface area contributed by atoms with Gasteiger partial charge in [-0.25, -0.2) is 13.2 Å². The second-order valence-corrected chi connectivity index (χ2v) is 8.44. The molecule has 0 amide bonds. The molecule has 1 heterocycles. The Morgan fingerprint density at radius 3 is 2.36 bits per heavy atom. The van der Waals surface area contributed by atoms with E-state index in [4.69, 9.17) is 11.6 Å². The topological polar surface area (TPSA) is 89.0 Å². The molecule has 2 aromatic carbocycles. The fraction of sp³-hybridized carbons (Fsp3) is 0.100. The molecule has 1 N–H and O–H groups in total. The van der Waals surface area contributed by atoms with Gasteiger partial charge in [-0.2, -0.15) is 0 Å². The molecule has 0 bridgehead atoms. The van der Waals surface area contributed by atoms with Gasteiger partial charge in [-0.15, -0.1) is 0 Å². The van der Waals surface area contributed by atoms with Crippen LogP contribution in [0.3, 0.4) is 0 Å². The molecule has 0 radical (unpaired) electrons. The molecule has 0 atom stereocenters. The number of benzene rings is 2. The zero-order chi connectivity index (χ0) is 20.3. The molecule has 0 aliphatic heterocycles. The van der Waals surface area contributed by atoms with Crippen LogP contribution in [0.25, 0.3) is 5.03 Å². The summed E-state index contributed by atoms with van der Waals surface area (Å²) in [5.74, 6) is 0. The van der Waals surface area contributed by atoms with Crippen molar-refractivity contribution in [2.75, 3.05) is 0 Å². The van der Waals surface area contributed by atoms with Crippen LogP contribution in [0.4, 0.5) is 0 Å². The molecular formula is C20H17ClN2O4S. The summed E-state index contributed by atoms with van der Waals surface area (Å²) < 4.78 is 26.3. The summed E-state index contributed by atoms with van der Waals surface area (Å²) in [4.78, 5) is 26.5. The Morgan fingerprint density at radius 2 is 1.71 bits per heavy atom. The number of nitrogens with one attached hydrogen (secondary N) is 1. The first-order valence-electron chi connectivity index (χ1n) is 8.33. The number of aromatic nitrogens is 2. The summed E-state index contributed by atoms with van der Waals surface area (Å²) in [6, 6.07) is 15.4. The monoisotopic (exact) mass is 416 g/mol. The van der Waals surface area contributed by atoms with Crippen LogP contribution < -0.4 is 11.2 Å². The third-order valence-electron chi connectivity index (χ3n) is 4.07. The Labute approximate surface area is 166 Å². The molecule has 0 spiro atoms. The number of sulfone groups is 1. The SMILES string of the molecule is Cc1ccc(S(=O)(=O)/C=C(/Cl)c2cn(Cc3ccccc3)c(=O)[nH]c2=O)cc1. The van der Waals surface area contributed by atoms with Gasteiger partial charge in [0.2, 0.25) is 9.84 Å². The number of nitrogens with zero attached hydrogens (tertiary/aromatic N) is 1. The Balaban J connectivity index is 2.01. The van der Waals surface area contributed by atoms with Crippen LogP contribution in [0.1, 0.15) is 16.7 Å². The highest BCUT2D eigenvalue weighted by Crippen LogP contribution is 2.21.